The molecule has 0 bridgehead atoms. The average Bonchev–Trinajstić information content (AvgIpc) is 2.57. The highest BCUT2D eigenvalue weighted by Gasteiger charge is 2.20. The molecule has 0 spiro atoms. The van der Waals surface area contributed by atoms with E-state index in [-0.39, 0.29) is 13.1 Å². The summed E-state index contributed by atoms with van der Waals surface area (Å²) in [5.41, 5.74) is 3.30. The van der Waals surface area contributed by atoms with Crippen LogP contribution < -0.4 is 5.32 Å². The van der Waals surface area contributed by atoms with Crippen LogP contribution in [0.15, 0.2) is 48.5 Å². The predicted octanol–water partition coefficient (Wildman–Crippen LogP) is 2.46. The quantitative estimate of drug-likeness (QED) is 0.809. The Kier molecular flexibility index (Phi) is 6.50. The Hall–Kier alpha value is -2.69. The Morgan fingerprint density at radius 3 is 2.19 bits per heavy atom. The minimum Gasteiger partial charge on any atom is -0.325 e. The largest absolute Gasteiger partial charge is 0.325 e. The second-order valence-electron chi connectivity index (χ2n) is 6.10. The lowest BCUT2D eigenvalue weighted by atomic mass is 10.1. The molecule has 0 aromatic heterocycles. The van der Waals surface area contributed by atoms with Gasteiger partial charge in [-0.25, -0.2) is 8.42 Å². The van der Waals surface area contributed by atoms with Crippen LogP contribution in [0.1, 0.15) is 16.7 Å². The van der Waals surface area contributed by atoms with Crippen LogP contribution in [0.3, 0.4) is 0 Å². The van der Waals surface area contributed by atoms with Gasteiger partial charge in [-0.15, -0.1) is 0 Å². The molecule has 1 amide bonds. The highest BCUT2D eigenvalue weighted by Crippen LogP contribution is 2.12. The molecular weight excluding hydrogens is 350 g/mol. The maximum absolute atomic E-state index is 12.3. The summed E-state index contributed by atoms with van der Waals surface area (Å²) < 4.78 is 25.2. The molecule has 2 rings (SSSR count). The standard InChI is InChI=1S/C19H21N3O3S/c1-15-3-5-17(6-4-15)13-22(26(2,24)25)14-19(23)21-18-9-7-16(8-10-18)11-12-20/h3-10H,11,13-14H2,1-2H3,(H,21,23). The zero-order valence-corrected chi connectivity index (χ0v) is 15.6. The van der Waals surface area contributed by atoms with Crippen LogP contribution in [-0.4, -0.2) is 31.4 Å². The van der Waals surface area contributed by atoms with Crippen LogP contribution in [0, 0.1) is 18.3 Å². The van der Waals surface area contributed by atoms with Gasteiger partial charge in [0.15, 0.2) is 0 Å². The van der Waals surface area contributed by atoms with Crippen molar-refractivity contribution in [3.05, 3.63) is 65.2 Å². The zero-order valence-electron chi connectivity index (χ0n) is 14.8. The fraction of sp³-hybridized carbons (Fsp3) is 0.263. The van der Waals surface area contributed by atoms with Crippen molar-refractivity contribution in [3.63, 3.8) is 0 Å². The van der Waals surface area contributed by atoms with Gasteiger partial charge in [-0.05, 0) is 30.2 Å². The van der Waals surface area contributed by atoms with E-state index in [4.69, 9.17) is 5.26 Å². The van der Waals surface area contributed by atoms with E-state index in [2.05, 4.69) is 11.4 Å². The molecular formula is C19H21N3O3S. The molecule has 1 N–H and O–H groups in total. The third-order valence-corrected chi connectivity index (χ3v) is 4.99. The van der Waals surface area contributed by atoms with E-state index in [0.29, 0.717) is 12.1 Å². The van der Waals surface area contributed by atoms with Crippen molar-refractivity contribution in [2.24, 2.45) is 0 Å². The van der Waals surface area contributed by atoms with E-state index in [1.807, 2.05) is 31.2 Å². The number of nitrogens with zero attached hydrogens (tertiary/aromatic N) is 2. The molecule has 0 heterocycles. The second kappa shape index (κ2) is 8.61. The fourth-order valence-corrected chi connectivity index (χ4v) is 3.08. The Morgan fingerprint density at radius 2 is 1.65 bits per heavy atom. The smallest absolute Gasteiger partial charge is 0.239 e. The van der Waals surface area contributed by atoms with E-state index in [0.717, 1.165) is 27.3 Å². The van der Waals surface area contributed by atoms with Gasteiger partial charge in [-0.1, -0.05) is 42.0 Å². The molecule has 0 atom stereocenters. The van der Waals surface area contributed by atoms with Gasteiger partial charge in [-0.3, -0.25) is 4.79 Å². The van der Waals surface area contributed by atoms with Crippen LogP contribution in [0.25, 0.3) is 0 Å². The monoisotopic (exact) mass is 371 g/mol. The summed E-state index contributed by atoms with van der Waals surface area (Å²) >= 11 is 0. The van der Waals surface area contributed by atoms with E-state index >= 15 is 0 Å². The lowest BCUT2D eigenvalue weighted by molar-refractivity contribution is -0.116. The van der Waals surface area contributed by atoms with Crippen molar-refractivity contribution in [1.82, 2.24) is 4.31 Å². The maximum atomic E-state index is 12.3. The molecule has 2 aromatic carbocycles. The van der Waals surface area contributed by atoms with Crippen LogP contribution in [-0.2, 0) is 27.8 Å². The number of sulfonamides is 1. The Morgan fingerprint density at radius 1 is 1.08 bits per heavy atom. The first-order valence-electron chi connectivity index (χ1n) is 8.04. The van der Waals surface area contributed by atoms with Crippen molar-refractivity contribution in [2.45, 2.75) is 19.9 Å². The number of nitrogens with one attached hydrogen (secondary N) is 1. The number of hydrogen-bond donors (Lipinski definition) is 1. The lowest BCUT2D eigenvalue weighted by Crippen LogP contribution is -2.36. The van der Waals surface area contributed by atoms with Crippen LogP contribution in [0.4, 0.5) is 5.69 Å². The van der Waals surface area contributed by atoms with Gasteiger partial charge < -0.3 is 5.32 Å². The number of hydrogen-bond acceptors (Lipinski definition) is 4. The number of aryl methyl sites for hydroxylation is 1. The highest BCUT2D eigenvalue weighted by atomic mass is 32.2. The van der Waals surface area contributed by atoms with Gasteiger partial charge in [0.05, 0.1) is 25.3 Å². The molecule has 0 fully saturated rings. The molecule has 6 nitrogen and oxygen atoms in total. The molecule has 26 heavy (non-hydrogen) atoms. The van der Waals surface area contributed by atoms with Gasteiger partial charge in [0.2, 0.25) is 15.9 Å². The summed E-state index contributed by atoms with van der Waals surface area (Å²) in [6.07, 6.45) is 1.39. The third-order valence-electron chi connectivity index (χ3n) is 3.79. The molecule has 0 saturated heterocycles. The van der Waals surface area contributed by atoms with Crippen LogP contribution >= 0.6 is 0 Å². The van der Waals surface area contributed by atoms with Gasteiger partial charge >= 0.3 is 0 Å². The predicted molar refractivity (Wildman–Crippen MR) is 101 cm³/mol. The van der Waals surface area contributed by atoms with Gasteiger partial charge in [0, 0.05) is 12.2 Å². The molecule has 0 unspecified atom stereocenters. The Bertz CT molecular complexity index is 899. The summed E-state index contributed by atoms with van der Waals surface area (Å²) in [4.78, 5) is 12.3. The topological polar surface area (TPSA) is 90.3 Å². The fourth-order valence-electron chi connectivity index (χ4n) is 2.35. The highest BCUT2D eigenvalue weighted by molar-refractivity contribution is 7.88. The molecule has 136 valence electrons. The minimum atomic E-state index is -3.54. The van der Waals surface area contributed by atoms with Crippen molar-refractivity contribution in [1.29, 1.82) is 5.26 Å². The van der Waals surface area contributed by atoms with Crippen LogP contribution in [0.5, 0.6) is 0 Å². The molecule has 0 aliphatic rings. The number of benzene rings is 2. The molecule has 0 radical (unpaired) electrons. The van der Waals surface area contributed by atoms with E-state index in [9.17, 15) is 13.2 Å². The van der Waals surface area contributed by atoms with Gasteiger partial charge in [0.1, 0.15) is 0 Å². The van der Waals surface area contributed by atoms with Crippen molar-refractivity contribution in [3.8, 4) is 6.07 Å². The minimum absolute atomic E-state index is 0.133. The molecule has 7 heteroatoms. The number of rotatable bonds is 7. The number of carbonyl (C=O) groups is 1. The number of amides is 1. The first kappa shape index (κ1) is 19.6. The Balaban J connectivity index is 2.04. The molecule has 2 aromatic rings. The number of anilines is 1. The van der Waals surface area contributed by atoms with E-state index in [1.54, 1.807) is 24.3 Å². The van der Waals surface area contributed by atoms with Gasteiger partial charge in [0.25, 0.3) is 0 Å². The van der Waals surface area contributed by atoms with Crippen molar-refractivity contribution < 1.29 is 13.2 Å². The molecule has 0 aliphatic heterocycles. The Labute approximate surface area is 154 Å². The third kappa shape index (κ3) is 5.99. The zero-order chi connectivity index (χ0) is 19.2. The normalized spacial score (nSPS) is 11.2. The number of carbonyl (C=O) groups excluding carboxylic acids is 1. The maximum Gasteiger partial charge on any atom is 0.239 e. The van der Waals surface area contributed by atoms with Gasteiger partial charge in [-0.2, -0.15) is 9.57 Å². The number of nitriles is 1. The van der Waals surface area contributed by atoms with Crippen molar-refractivity contribution in [2.75, 3.05) is 18.1 Å². The molecule has 0 saturated carbocycles. The average molecular weight is 371 g/mol. The SMILES string of the molecule is Cc1ccc(CN(CC(=O)Nc2ccc(CC#N)cc2)S(C)(=O)=O)cc1. The molecule has 0 aliphatic carbocycles. The summed E-state index contributed by atoms with van der Waals surface area (Å²) in [7, 11) is -3.54. The lowest BCUT2D eigenvalue weighted by Gasteiger charge is -2.19. The second-order valence-corrected chi connectivity index (χ2v) is 8.08. The summed E-state index contributed by atoms with van der Waals surface area (Å²) in [5.74, 6) is -0.421. The van der Waals surface area contributed by atoms with Crippen molar-refractivity contribution >= 4 is 21.6 Å². The first-order chi connectivity index (χ1) is 12.3. The van der Waals surface area contributed by atoms with Crippen LogP contribution in [0.2, 0.25) is 0 Å². The summed E-state index contributed by atoms with van der Waals surface area (Å²) in [6, 6.07) is 16.4. The summed E-state index contributed by atoms with van der Waals surface area (Å²) in [5, 5.41) is 11.3. The first-order valence-corrected chi connectivity index (χ1v) is 9.89. The van der Waals surface area contributed by atoms with E-state index < -0.39 is 15.9 Å². The summed E-state index contributed by atoms with van der Waals surface area (Å²) in [6.45, 7) is 1.81. The van der Waals surface area contributed by atoms with E-state index in [1.165, 1.54) is 0 Å².